The van der Waals surface area contributed by atoms with Crippen molar-refractivity contribution < 1.29 is 4.42 Å². The molecular formula is C15H21N3O. The minimum absolute atomic E-state index is 0.447. The van der Waals surface area contributed by atoms with Crippen LogP contribution in [0, 0.1) is 0 Å². The van der Waals surface area contributed by atoms with Gasteiger partial charge in [-0.25, -0.2) is 4.98 Å². The van der Waals surface area contributed by atoms with Crippen molar-refractivity contribution in [1.82, 2.24) is 14.9 Å². The monoisotopic (exact) mass is 259 g/mol. The molecule has 2 unspecified atom stereocenters. The Morgan fingerprint density at radius 1 is 1.47 bits per heavy atom. The normalized spacial score (nSPS) is 23.6. The summed E-state index contributed by atoms with van der Waals surface area (Å²) in [6, 6.07) is 5.02. The van der Waals surface area contributed by atoms with Gasteiger partial charge in [0.25, 0.3) is 0 Å². The maximum absolute atomic E-state index is 5.38. The molecule has 4 heteroatoms. The van der Waals surface area contributed by atoms with E-state index in [0.717, 1.165) is 18.7 Å². The molecule has 2 aromatic rings. The van der Waals surface area contributed by atoms with Gasteiger partial charge in [-0.2, -0.15) is 0 Å². The largest absolute Gasteiger partial charge is 0.469 e. The fourth-order valence-corrected chi connectivity index (χ4v) is 2.86. The van der Waals surface area contributed by atoms with Crippen LogP contribution < -0.4 is 5.32 Å². The molecule has 1 saturated heterocycles. The van der Waals surface area contributed by atoms with Gasteiger partial charge in [-0.1, -0.05) is 0 Å². The van der Waals surface area contributed by atoms with Crippen LogP contribution in [0.5, 0.6) is 0 Å². The van der Waals surface area contributed by atoms with E-state index >= 15 is 0 Å². The summed E-state index contributed by atoms with van der Waals surface area (Å²) >= 11 is 0. The standard InChI is InChI=1S/C15H21N3O/c1-12-4-2-6-14(17-12)15-10-16-11-18(15)8-7-13-5-3-9-19-13/h3,5,9-12,14,17H,2,4,6-8H2,1H3. The number of aryl methyl sites for hydroxylation is 2. The summed E-state index contributed by atoms with van der Waals surface area (Å²) in [5.41, 5.74) is 1.30. The summed E-state index contributed by atoms with van der Waals surface area (Å²) in [5, 5.41) is 3.67. The van der Waals surface area contributed by atoms with Gasteiger partial charge in [0.2, 0.25) is 0 Å². The summed E-state index contributed by atoms with van der Waals surface area (Å²) in [7, 11) is 0. The lowest BCUT2D eigenvalue weighted by Crippen LogP contribution is -2.35. The zero-order valence-corrected chi connectivity index (χ0v) is 11.4. The van der Waals surface area contributed by atoms with Crippen molar-refractivity contribution in [2.45, 2.75) is 51.2 Å². The highest BCUT2D eigenvalue weighted by atomic mass is 16.3. The van der Waals surface area contributed by atoms with E-state index in [0.29, 0.717) is 12.1 Å². The molecule has 1 aliphatic rings. The Morgan fingerprint density at radius 3 is 3.21 bits per heavy atom. The molecule has 0 radical (unpaired) electrons. The van der Waals surface area contributed by atoms with E-state index in [4.69, 9.17) is 4.42 Å². The topological polar surface area (TPSA) is 43.0 Å². The number of rotatable bonds is 4. The van der Waals surface area contributed by atoms with Crippen LogP contribution in [0.3, 0.4) is 0 Å². The summed E-state index contributed by atoms with van der Waals surface area (Å²) in [5.74, 6) is 1.03. The molecule has 1 N–H and O–H groups in total. The van der Waals surface area contributed by atoms with Gasteiger partial charge in [0.1, 0.15) is 5.76 Å². The number of nitrogens with zero attached hydrogens (tertiary/aromatic N) is 2. The number of hydrogen-bond donors (Lipinski definition) is 1. The fourth-order valence-electron chi connectivity index (χ4n) is 2.86. The van der Waals surface area contributed by atoms with E-state index in [1.807, 2.05) is 24.7 Å². The zero-order chi connectivity index (χ0) is 13.1. The van der Waals surface area contributed by atoms with Crippen LogP contribution in [-0.2, 0) is 13.0 Å². The van der Waals surface area contributed by atoms with E-state index < -0.39 is 0 Å². The third kappa shape index (κ3) is 2.89. The molecule has 0 aromatic carbocycles. The van der Waals surface area contributed by atoms with Gasteiger partial charge in [0.05, 0.1) is 18.3 Å². The highest BCUT2D eigenvalue weighted by Gasteiger charge is 2.21. The molecule has 0 saturated carbocycles. The van der Waals surface area contributed by atoms with Crippen LogP contribution >= 0.6 is 0 Å². The van der Waals surface area contributed by atoms with Crippen molar-refractivity contribution in [2.75, 3.05) is 0 Å². The summed E-state index contributed by atoms with van der Waals surface area (Å²) in [6.07, 6.45) is 10.3. The Labute approximate surface area is 113 Å². The van der Waals surface area contributed by atoms with Crippen molar-refractivity contribution in [2.24, 2.45) is 0 Å². The van der Waals surface area contributed by atoms with E-state index in [-0.39, 0.29) is 0 Å². The maximum atomic E-state index is 5.38. The Hall–Kier alpha value is -1.55. The number of piperidine rings is 1. The second-order valence-corrected chi connectivity index (χ2v) is 5.39. The molecular weight excluding hydrogens is 238 g/mol. The lowest BCUT2D eigenvalue weighted by Gasteiger charge is -2.29. The first-order valence-corrected chi connectivity index (χ1v) is 7.11. The molecule has 0 amide bonds. The summed E-state index contributed by atoms with van der Waals surface area (Å²) in [6.45, 7) is 3.19. The molecule has 1 fully saturated rings. The number of furan rings is 1. The number of imidazole rings is 1. The van der Waals surface area contributed by atoms with Crippen molar-refractivity contribution >= 4 is 0 Å². The van der Waals surface area contributed by atoms with Gasteiger partial charge in [-0.15, -0.1) is 0 Å². The molecule has 3 rings (SSSR count). The van der Waals surface area contributed by atoms with Crippen LogP contribution in [0.15, 0.2) is 35.3 Å². The SMILES string of the molecule is CC1CCCC(c2cncn2CCc2ccco2)N1. The molecule has 0 aliphatic carbocycles. The number of aromatic nitrogens is 2. The lowest BCUT2D eigenvalue weighted by atomic mass is 9.97. The second kappa shape index (κ2) is 5.61. The Balaban J connectivity index is 1.67. The number of hydrogen-bond acceptors (Lipinski definition) is 3. The third-order valence-electron chi connectivity index (χ3n) is 3.90. The van der Waals surface area contributed by atoms with E-state index in [2.05, 4.69) is 21.8 Å². The van der Waals surface area contributed by atoms with Crippen molar-refractivity contribution in [1.29, 1.82) is 0 Å². The van der Waals surface area contributed by atoms with Crippen molar-refractivity contribution in [3.63, 3.8) is 0 Å². The van der Waals surface area contributed by atoms with Crippen LogP contribution in [0.2, 0.25) is 0 Å². The van der Waals surface area contributed by atoms with E-state index in [9.17, 15) is 0 Å². The minimum Gasteiger partial charge on any atom is -0.469 e. The number of nitrogens with one attached hydrogen (secondary N) is 1. The predicted octanol–water partition coefficient (Wildman–Crippen LogP) is 2.92. The highest BCUT2D eigenvalue weighted by Crippen LogP contribution is 2.25. The van der Waals surface area contributed by atoms with Crippen LogP contribution in [0.4, 0.5) is 0 Å². The molecule has 2 aromatic heterocycles. The summed E-state index contributed by atoms with van der Waals surface area (Å²) < 4.78 is 7.63. The maximum Gasteiger partial charge on any atom is 0.105 e. The van der Waals surface area contributed by atoms with Crippen LogP contribution in [0.1, 0.15) is 43.7 Å². The average Bonchev–Trinajstić information content (AvgIpc) is 3.08. The van der Waals surface area contributed by atoms with Gasteiger partial charge in [-0.05, 0) is 38.3 Å². The van der Waals surface area contributed by atoms with Gasteiger partial charge in [-0.3, -0.25) is 0 Å². The zero-order valence-electron chi connectivity index (χ0n) is 11.4. The molecule has 0 bridgehead atoms. The van der Waals surface area contributed by atoms with Crippen molar-refractivity contribution in [3.8, 4) is 0 Å². The molecule has 3 heterocycles. The van der Waals surface area contributed by atoms with Crippen LogP contribution in [-0.4, -0.2) is 15.6 Å². The first kappa shape index (κ1) is 12.5. The quantitative estimate of drug-likeness (QED) is 0.918. The van der Waals surface area contributed by atoms with Crippen LogP contribution in [0.25, 0.3) is 0 Å². The fraction of sp³-hybridized carbons (Fsp3) is 0.533. The average molecular weight is 259 g/mol. The molecule has 19 heavy (non-hydrogen) atoms. The third-order valence-corrected chi connectivity index (χ3v) is 3.90. The van der Waals surface area contributed by atoms with Crippen molar-refractivity contribution in [3.05, 3.63) is 42.4 Å². The smallest absolute Gasteiger partial charge is 0.105 e. The summed E-state index contributed by atoms with van der Waals surface area (Å²) in [4.78, 5) is 4.31. The second-order valence-electron chi connectivity index (χ2n) is 5.39. The Kier molecular flexibility index (Phi) is 3.69. The van der Waals surface area contributed by atoms with E-state index in [1.54, 1.807) is 6.26 Å². The molecule has 1 aliphatic heterocycles. The van der Waals surface area contributed by atoms with E-state index in [1.165, 1.54) is 25.0 Å². The first-order valence-electron chi connectivity index (χ1n) is 7.11. The van der Waals surface area contributed by atoms with Gasteiger partial charge in [0.15, 0.2) is 0 Å². The highest BCUT2D eigenvalue weighted by molar-refractivity contribution is 5.08. The molecule has 2 atom stereocenters. The Morgan fingerprint density at radius 2 is 2.42 bits per heavy atom. The minimum atomic E-state index is 0.447. The first-order chi connectivity index (χ1) is 9.33. The Bertz CT molecular complexity index is 503. The van der Waals surface area contributed by atoms with Gasteiger partial charge >= 0.3 is 0 Å². The van der Waals surface area contributed by atoms with Gasteiger partial charge < -0.3 is 14.3 Å². The molecule has 4 nitrogen and oxygen atoms in total. The predicted molar refractivity (Wildman–Crippen MR) is 73.8 cm³/mol. The lowest BCUT2D eigenvalue weighted by molar-refractivity contribution is 0.328. The molecule has 102 valence electrons. The molecule has 0 spiro atoms. The van der Waals surface area contributed by atoms with Gasteiger partial charge in [0, 0.05) is 31.2 Å².